The van der Waals surface area contributed by atoms with Crippen molar-refractivity contribution in [2.75, 3.05) is 5.32 Å². The Morgan fingerprint density at radius 3 is 3.00 bits per heavy atom. The number of nitrogens with zero attached hydrogens (tertiary/aromatic N) is 3. The number of nitrogens with one attached hydrogen (secondary N) is 2. The standard InChI is InChI=1S/C14H15N5O/c1-9(2)19-13(5-6-16-19)17-14(20)10-3-4-11-8-15-18-12(11)7-10/h3-9H,1-2H3,(H,15,18)(H,17,20). The molecule has 0 aliphatic carbocycles. The number of rotatable bonds is 3. The van der Waals surface area contributed by atoms with E-state index in [0.717, 1.165) is 10.9 Å². The quantitative estimate of drug-likeness (QED) is 0.767. The molecular weight excluding hydrogens is 254 g/mol. The number of carbonyl (C=O) groups excluding carboxylic acids is 1. The molecule has 3 aromatic rings. The number of benzene rings is 1. The van der Waals surface area contributed by atoms with E-state index in [0.29, 0.717) is 11.4 Å². The SMILES string of the molecule is CC(C)n1nccc1NC(=O)c1ccc2cn[nH]c2c1. The first-order valence-corrected chi connectivity index (χ1v) is 6.43. The molecule has 0 saturated heterocycles. The fourth-order valence-electron chi connectivity index (χ4n) is 2.09. The summed E-state index contributed by atoms with van der Waals surface area (Å²) in [6.45, 7) is 4.03. The van der Waals surface area contributed by atoms with Crippen molar-refractivity contribution in [3.63, 3.8) is 0 Å². The molecule has 2 heterocycles. The number of H-pyrrole nitrogens is 1. The smallest absolute Gasteiger partial charge is 0.256 e. The highest BCUT2D eigenvalue weighted by Gasteiger charge is 2.11. The minimum atomic E-state index is -0.163. The van der Waals surface area contributed by atoms with Crippen LogP contribution in [0, 0.1) is 0 Å². The zero-order chi connectivity index (χ0) is 14.1. The number of anilines is 1. The van der Waals surface area contributed by atoms with Gasteiger partial charge in [0.15, 0.2) is 0 Å². The number of aromatic amines is 1. The van der Waals surface area contributed by atoms with E-state index in [-0.39, 0.29) is 11.9 Å². The van der Waals surface area contributed by atoms with Gasteiger partial charge in [0.05, 0.1) is 17.9 Å². The molecule has 0 atom stereocenters. The second kappa shape index (κ2) is 4.80. The van der Waals surface area contributed by atoms with Crippen LogP contribution in [-0.4, -0.2) is 25.9 Å². The van der Waals surface area contributed by atoms with Crippen LogP contribution in [0.2, 0.25) is 0 Å². The molecular formula is C14H15N5O. The summed E-state index contributed by atoms with van der Waals surface area (Å²) >= 11 is 0. The Balaban J connectivity index is 1.86. The first kappa shape index (κ1) is 12.4. The van der Waals surface area contributed by atoms with E-state index < -0.39 is 0 Å². The highest BCUT2D eigenvalue weighted by Crippen LogP contribution is 2.16. The van der Waals surface area contributed by atoms with E-state index in [1.54, 1.807) is 35.3 Å². The lowest BCUT2D eigenvalue weighted by Crippen LogP contribution is -2.16. The van der Waals surface area contributed by atoms with Crippen LogP contribution in [0.15, 0.2) is 36.7 Å². The monoisotopic (exact) mass is 269 g/mol. The van der Waals surface area contributed by atoms with Gasteiger partial charge in [-0.25, -0.2) is 4.68 Å². The molecule has 3 rings (SSSR count). The van der Waals surface area contributed by atoms with Crippen molar-refractivity contribution in [3.8, 4) is 0 Å². The molecule has 20 heavy (non-hydrogen) atoms. The first-order valence-electron chi connectivity index (χ1n) is 6.43. The van der Waals surface area contributed by atoms with Gasteiger partial charge in [0.2, 0.25) is 0 Å². The molecule has 0 spiro atoms. The highest BCUT2D eigenvalue weighted by molar-refractivity contribution is 6.05. The lowest BCUT2D eigenvalue weighted by molar-refractivity contribution is 0.102. The zero-order valence-corrected chi connectivity index (χ0v) is 11.3. The maximum Gasteiger partial charge on any atom is 0.256 e. The van der Waals surface area contributed by atoms with Gasteiger partial charge in [0.1, 0.15) is 5.82 Å². The van der Waals surface area contributed by atoms with Gasteiger partial charge in [-0.15, -0.1) is 0 Å². The third kappa shape index (κ3) is 2.16. The van der Waals surface area contributed by atoms with Crippen LogP contribution in [0.5, 0.6) is 0 Å². The predicted molar refractivity (Wildman–Crippen MR) is 76.7 cm³/mol. The van der Waals surface area contributed by atoms with E-state index in [1.165, 1.54) is 0 Å². The van der Waals surface area contributed by atoms with Crippen molar-refractivity contribution < 1.29 is 4.79 Å². The number of amides is 1. The van der Waals surface area contributed by atoms with Gasteiger partial charge in [-0.2, -0.15) is 10.2 Å². The van der Waals surface area contributed by atoms with Crippen molar-refractivity contribution >= 4 is 22.6 Å². The topological polar surface area (TPSA) is 75.6 Å². The molecule has 0 aliphatic heterocycles. The summed E-state index contributed by atoms with van der Waals surface area (Å²) in [6.07, 6.45) is 3.40. The van der Waals surface area contributed by atoms with Crippen molar-refractivity contribution in [1.29, 1.82) is 0 Å². The lowest BCUT2D eigenvalue weighted by atomic mass is 10.1. The molecule has 2 N–H and O–H groups in total. The van der Waals surface area contributed by atoms with Gasteiger partial charge < -0.3 is 5.32 Å². The Morgan fingerprint density at radius 1 is 1.35 bits per heavy atom. The number of hydrogen-bond acceptors (Lipinski definition) is 3. The van der Waals surface area contributed by atoms with E-state index in [9.17, 15) is 4.79 Å². The van der Waals surface area contributed by atoms with Crippen LogP contribution >= 0.6 is 0 Å². The van der Waals surface area contributed by atoms with Crippen LogP contribution in [0.3, 0.4) is 0 Å². The second-order valence-electron chi connectivity index (χ2n) is 4.88. The van der Waals surface area contributed by atoms with Gasteiger partial charge >= 0.3 is 0 Å². The van der Waals surface area contributed by atoms with Gasteiger partial charge in [-0.1, -0.05) is 6.07 Å². The molecule has 0 saturated carbocycles. The van der Waals surface area contributed by atoms with Gasteiger partial charge in [-0.3, -0.25) is 9.89 Å². The first-order chi connectivity index (χ1) is 9.65. The summed E-state index contributed by atoms with van der Waals surface area (Å²) in [6, 6.07) is 7.41. The van der Waals surface area contributed by atoms with E-state index in [2.05, 4.69) is 20.6 Å². The Bertz CT molecular complexity index is 756. The predicted octanol–water partition coefficient (Wildman–Crippen LogP) is 2.59. The highest BCUT2D eigenvalue weighted by atomic mass is 16.1. The average Bonchev–Trinajstić information content (AvgIpc) is 3.05. The maximum atomic E-state index is 12.3. The maximum absolute atomic E-state index is 12.3. The van der Waals surface area contributed by atoms with Gasteiger partial charge in [0, 0.05) is 23.1 Å². The van der Waals surface area contributed by atoms with Crippen LogP contribution in [0.1, 0.15) is 30.2 Å². The number of carbonyl (C=O) groups is 1. The van der Waals surface area contributed by atoms with E-state index in [4.69, 9.17) is 0 Å². The summed E-state index contributed by atoms with van der Waals surface area (Å²) in [7, 11) is 0. The molecule has 0 radical (unpaired) electrons. The molecule has 6 nitrogen and oxygen atoms in total. The zero-order valence-electron chi connectivity index (χ0n) is 11.3. The summed E-state index contributed by atoms with van der Waals surface area (Å²) in [5.74, 6) is 0.526. The summed E-state index contributed by atoms with van der Waals surface area (Å²) in [5.41, 5.74) is 1.42. The third-order valence-electron chi connectivity index (χ3n) is 3.11. The molecule has 0 unspecified atom stereocenters. The fourth-order valence-corrected chi connectivity index (χ4v) is 2.09. The van der Waals surface area contributed by atoms with E-state index in [1.807, 2.05) is 19.9 Å². The summed E-state index contributed by atoms with van der Waals surface area (Å²) < 4.78 is 1.77. The van der Waals surface area contributed by atoms with Crippen molar-refractivity contribution in [2.45, 2.75) is 19.9 Å². The Labute approximate surface area is 115 Å². The lowest BCUT2D eigenvalue weighted by Gasteiger charge is -2.11. The molecule has 6 heteroatoms. The van der Waals surface area contributed by atoms with Crippen LogP contribution in [0.4, 0.5) is 5.82 Å². The molecule has 1 aromatic carbocycles. The Kier molecular flexibility index (Phi) is 2.98. The number of hydrogen-bond donors (Lipinski definition) is 2. The van der Waals surface area contributed by atoms with Gasteiger partial charge in [-0.05, 0) is 26.0 Å². The third-order valence-corrected chi connectivity index (χ3v) is 3.11. The molecule has 0 fully saturated rings. The molecule has 0 aliphatic rings. The normalized spacial score (nSPS) is 11.2. The number of aromatic nitrogens is 4. The molecule has 1 amide bonds. The minimum Gasteiger partial charge on any atom is -0.307 e. The van der Waals surface area contributed by atoms with E-state index >= 15 is 0 Å². The molecule has 102 valence electrons. The van der Waals surface area contributed by atoms with Gasteiger partial charge in [0.25, 0.3) is 5.91 Å². The van der Waals surface area contributed by atoms with Crippen molar-refractivity contribution in [1.82, 2.24) is 20.0 Å². The largest absolute Gasteiger partial charge is 0.307 e. The summed E-state index contributed by atoms with van der Waals surface area (Å²) in [5, 5.41) is 14.8. The van der Waals surface area contributed by atoms with Crippen LogP contribution in [0.25, 0.3) is 10.9 Å². The van der Waals surface area contributed by atoms with Crippen LogP contribution < -0.4 is 5.32 Å². The second-order valence-corrected chi connectivity index (χ2v) is 4.88. The fraction of sp³-hybridized carbons (Fsp3) is 0.214. The number of fused-ring (bicyclic) bond motifs is 1. The Hall–Kier alpha value is -2.63. The molecule has 2 aromatic heterocycles. The minimum absolute atomic E-state index is 0.163. The Morgan fingerprint density at radius 2 is 2.20 bits per heavy atom. The molecule has 0 bridgehead atoms. The van der Waals surface area contributed by atoms with Crippen LogP contribution in [-0.2, 0) is 0 Å². The average molecular weight is 269 g/mol. The van der Waals surface area contributed by atoms with Crippen molar-refractivity contribution in [3.05, 3.63) is 42.2 Å². The summed E-state index contributed by atoms with van der Waals surface area (Å²) in [4.78, 5) is 12.3. The van der Waals surface area contributed by atoms with Crippen molar-refractivity contribution in [2.24, 2.45) is 0 Å².